The summed E-state index contributed by atoms with van der Waals surface area (Å²) in [6.45, 7) is 17.3. The second-order valence-electron chi connectivity index (χ2n) is 23.3. The summed E-state index contributed by atoms with van der Waals surface area (Å²) in [4.78, 5) is 0. The maximum absolute atomic E-state index is 6.64. The van der Waals surface area contributed by atoms with Crippen LogP contribution in [-0.2, 0) is 78.9 Å². The van der Waals surface area contributed by atoms with E-state index in [9.17, 15) is 0 Å². The Balaban J connectivity index is 0.869. The monoisotopic (exact) mass is 1040 g/mol. The van der Waals surface area contributed by atoms with E-state index in [-0.39, 0.29) is 27.2 Å². The Labute approximate surface area is 452 Å². The van der Waals surface area contributed by atoms with Crippen LogP contribution in [-0.4, -0.2) is 92.3 Å². The van der Waals surface area contributed by atoms with Crippen molar-refractivity contribution in [1.29, 1.82) is 0 Å². The summed E-state index contributed by atoms with van der Waals surface area (Å²) in [6, 6.07) is 43.4. The molecule has 5 aromatic carbocycles. The molecule has 0 bridgehead atoms. The van der Waals surface area contributed by atoms with E-state index in [4.69, 9.17) is 56.5 Å². The van der Waals surface area contributed by atoms with Crippen LogP contribution in [0.5, 0.6) is 0 Å². The first-order chi connectivity index (χ1) is 36.3. The van der Waals surface area contributed by atoms with Gasteiger partial charge in [0.2, 0.25) is 0 Å². The topological polar surface area (TPSA) is 111 Å². The number of hydrogen-bond donors (Lipinski definition) is 0. The molecule has 2 aliphatic carbocycles. The van der Waals surface area contributed by atoms with Gasteiger partial charge in [0.05, 0.1) is 44.8 Å². The van der Waals surface area contributed by atoms with Crippen LogP contribution in [0.15, 0.2) is 121 Å². The fourth-order valence-corrected chi connectivity index (χ4v) is 11.5. The third-order valence-corrected chi connectivity index (χ3v) is 17.8. The Bertz CT molecular complexity index is 2450. The minimum Gasteiger partial charge on any atom is -0.399 e. The van der Waals surface area contributed by atoms with Crippen LogP contribution in [0.3, 0.4) is 0 Å². The van der Waals surface area contributed by atoms with Gasteiger partial charge in [-0.2, -0.15) is 0 Å². The molecule has 0 radical (unpaired) electrons. The van der Waals surface area contributed by atoms with Gasteiger partial charge in [-0.25, -0.2) is 0 Å². The quantitative estimate of drug-likeness (QED) is 0.0547. The average molecular weight is 1040 g/mol. The van der Waals surface area contributed by atoms with E-state index < -0.39 is 59.0 Å². The number of methoxy groups -OCH3 is 4. The van der Waals surface area contributed by atoms with Gasteiger partial charge in [0.25, 0.3) is 0 Å². The number of benzene rings is 5. The third-order valence-electron chi connectivity index (χ3n) is 17.8. The van der Waals surface area contributed by atoms with Crippen LogP contribution in [0.2, 0.25) is 0 Å². The maximum Gasteiger partial charge on any atom is 0.494 e. The van der Waals surface area contributed by atoms with Gasteiger partial charge in [0, 0.05) is 28.4 Å². The fraction of sp³-hybridized carbons (Fsp3) is 0.516. The summed E-state index contributed by atoms with van der Waals surface area (Å²) >= 11 is 0. The van der Waals surface area contributed by atoms with Gasteiger partial charge in [-0.15, -0.1) is 0 Å². The molecule has 2 heterocycles. The molecule has 4 aliphatic rings. The van der Waals surface area contributed by atoms with Crippen LogP contribution in [0.1, 0.15) is 129 Å². The summed E-state index contributed by atoms with van der Waals surface area (Å²) in [6.07, 6.45) is 5.84. The van der Waals surface area contributed by atoms with E-state index in [0.717, 1.165) is 107 Å². The molecule has 4 fully saturated rings. The molecular formula is C62H80B2O12. The van der Waals surface area contributed by atoms with Crippen LogP contribution >= 0.6 is 0 Å². The molecular weight excluding hydrogens is 958 g/mol. The van der Waals surface area contributed by atoms with E-state index in [1.807, 2.05) is 0 Å². The molecule has 0 unspecified atom stereocenters. The van der Waals surface area contributed by atoms with Crippen molar-refractivity contribution in [2.24, 2.45) is 0 Å². The zero-order valence-corrected chi connectivity index (χ0v) is 47.1. The summed E-state index contributed by atoms with van der Waals surface area (Å²) < 4.78 is 73.9. The second kappa shape index (κ2) is 22.5. The Morgan fingerprint density at radius 2 is 0.487 bits per heavy atom. The predicted octanol–water partition coefficient (Wildman–Crippen LogP) is 11.4. The van der Waals surface area contributed by atoms with Crippen LogP contribution in [0.4, 0.5) is 0 Å². The molecule has 2 saturated carbocycles. The average Bonchev–Trinajstić information content (AvgIpc) is 3.81. The van der Waals surface area contributed by atoms with Crippen molar-refractivity contribution in [1.82, 2.24) is 0 Å². The summed E-state index contributed by atoms with van der Waals surface area (Å²) in [5.74, 6) is 0. The molecule has 5 aromatic rings. The fourth-order valence-electron chi connectivity index (χ4n) is 11.5. The zero-order valence-electron chi connectivity index (χ0n) is 47.1. The van der Waals surface area contributed by atoms with Crippen molar-refractivity contribution in [2.45, 2.75) is 152 Å². The first-order valence-corrected chi connectivity index (χ1v) is 27.0. The zero-order chi connectivity index (χ0) is 54.0. The summed E-state index contributed by atoms with van der Waals surface area (Å²) in [5, 5.41) is 0. The van der Waals surface area contributed by atoms with Crippen molar-refractivity contribution < 1.29 is 56.5 Å². The minimum absolute atomic E-state index is 0.185. The Kier molecular flexibility index (Phi) is 16.7. The van der Waals surface area contributed by atoms with Gasteiger partial charge < -0.3 is 56.5 Å². The van der Waals surface area contributed by atoms with Crippen LogP contribution in [0, 0.1) is 0 Å². The lowest BCUT2D eigenvalue weighted by Crippen LogP contribution is -2.44. The molecule has 0 spiro atoms. The van der Waals surface area contributed by atoms with Crippen molar-refractivity contribution in [3.63, 3.8) is 0 Å². The normalized spacial score (nSPS) is 26.7. The van der Waals surface area contributed by atoms with Crippen LogP contribution < -0.4 is 10.9 Å². The molecule has 0 N–H and O–H groups in total. The lowest BCUT2D eigenvalue weighted by atomic mass is 9.69. The van der Waals surface area contributed by atoms with Gasteiger partial charge in [-0.3, -0.25) is 0 Å². The van der Waals surface area contributed by atoms with Crippen molar-refractivity contribution in [3.8, 4) is 22.3 Å². The minimum atomic E-state index is -0.555. The molecule has 2 aliphatic heterocycles. The highest BCUT2D eigenvalue weighted by atomic mass is 16.7. The molecule has 0 amide bonds. The number of ether oxygens (including phenoxy) is 8. The highest BCUT2D eigenvalue weighted by Crippen LogP contribution is 2.52. The highest BCUT2D eigenvalue weighted by Gasteiger charge is 2.54. The summed E-state index contributed by atoms with van der Waals surface area (Å²) in [5.41, 5.74) is 7.04. The third kappa shape index (κ3) is 11.2. The summed E-state index contributed by atoms with van der Waals surface area (Å²) in [7, 11) is 5.81. The van der Waals surface area contributed by atoms with Gasteiger partial charge in [-0.1, -0.05) is 121 Å². The van der Waals surface area contributed by atoms with E-state index in [1.165, 1.54) is 0 Å². The first-order valence-electron chi connectivity index (χ1n) is 27.0. The molecule has 12 nitrogen and oxygen atoms in total. The van der Waals surface area contributed by atoms with E-state index in [1.54, 1.807) is 28.4 Å². The SMILES string of the molecule is COCOC1(c2ccc(B3OC(C)(C)C(C)(C)O3)cc2)CCC(OCOC)(c2ccc(-c3ccc(-c4ccc(C5(OCOC)CCC(OCOC)(c6ccc(B7OC(C)(C)C(C)(C)O7)cc6)CC5)cc4)cc3)cc2)CC1. The van der Waals surface area contributed by atoms with E-state index in [0.29, 0.717) is 0 Å². The first kappa shape index (κ1) is 56.5. The predicted molar refractivity (Wildman–Crippen MR) is 297 cm³/mol. The molecule has 0 atom stereocenters. The Morgan fingerprint density at radius 3 is 0.684 bits per heavy atom. The molecule has 14 heteroatoms. The maximum atomic E-state index is 6.64. The van der Waals surface area contributed by atoms with Crippen molar-refractivity contribution >= 4 is 25.2 Å². The second-order valence-corrected chi connectivity index (χ2v) is 23.3. The van der Waals surface area contributed by atoms with Gasteiger partial charge in [0.15, 0.2) is 0 Å². The van der Waals surface area contributed by atoms with Crippen LogP contribution in [0.25, 0.3) is 22.3 Å². The van der Waals surface area contributed by atoms with Crippen molar-refractivity contribution in [2.75, 3.05) is 55.6 Å². The standard InChI is InChI=1S/C62H80B2O12/c1-55(2)56(3,4)74-63(73-55)53-29-25-51(26-30-53)61(71-43-67-11)37-33-59(34-38-61,69-41-65-9)49-21-17-47(18-22-49)45-13-15-46(16-14-45)48-19-23-50(24-20-48)60(70-42-66-10)35-39-62(40-36-60,72-44-68-12)52-27-31-54(32-28-52)64-75-57(5,6)58(7,8)76-64/h13-32H,33-44H2,1-12H3. The Hall–Kier alpha value is -4.25. The van der Waals surface area contributed by atoms with Crippen molar-refractivity contribution in [3.05, 3.63) is 144 Å². The lowest BCUT2D eigenvalue weighted by Gasteiger charge is -2.46. The molecule has 2 saturated heterocycles. The molecule has 76 heavy (non-hydrogen) atoms. The molecule has 0 aromatic heterocycles. The van der Waals surface area contributed by atoms with Gasteiger partial charge in [0.1, 0.15) is 27.2 Å². The largest absolute Gasteiger partial charge is 0.494 e. The van der Waals surface area contributed by atoms with Gasteiger partial charge in [-0.05, 0) is 162 Å². The smallest absolute Gasteiger partial charge is 0.399 e. The van der Waals surface area contributed by atoms with E-state index in [2.05, 4.69) is 177 Å². The lowest BCUT2D eigenvalue weighted by molar-refractivity contribution is -0.203. The molecule has 406 valence electrons. The Morgan fingerprint density at radius 1 is 0.303 bits per heavy atom. The van der Waals surface area contributed by atoms with Gasteiger partial charge >= 0.3 is 14.2 Å². The van der Waals surface area contributed by atoms with E-state index >= 15 is 0 Å². The number of rotatable bonds is 20. The highest BCUT2D eigenvalue weighted by molar-refractivity contribution is 6.62. The molecule has 9 rings (SSSR count). The number of hydrogen-bond acceptors (Lipinski definition) is 12.